The van der Waals surface area contributed by atoms with Crippen LogP contribution in [0.15, 0.2) is 46.7 Å². The maximum Gasteiger partial charge on any atom is 0.243 e. The molecule has 1 amide bonds. The lowest BCUT2D eigenvalue weighted by atomic mass is 10.1. The predicted octanol–water partition coefficient (Wildman–Crippen LogP) is 4.30. The molecule has 158 valence electrons. The van der Waals surface area contributed by atoms with E-state index in [-0.39, 0.29) is 11.4 Å². The fourth-order valence-corrected chi connectivity index (χ4v) is 5.62. The highest BCUT2D eigenvalue weighted by molar-refractivity contribution is 7.89. The summed E-state index contributed by atoms with van der Waals surface area (Å²) in [5, 5.41) is 5.71. The summed E-state index contributed by atoms with van der Waals surface area (Å²) >= 11 is 1.56. The molecule has 8 heteroatoms. The first-order valence-electron chi connectivity index (χ1n) is 9.44. The molecule has 1 heterocycles. The molecule has 30 heavy (non-hydrogen) atoms. The van der Waals surface area contributed by atoms with E-state index in [0.717, 1.165) is 26.1 Å². The van der Waals surface area contributed by atoms with Crippen molar-refractivity contribution in [2.45, 2.75) is 32.6 Å². The van der Waals surface area contributed by atoms with Gasteiger partial charge in [0.1, 0.15) is 0 Å². The van der Waals surface area contributed by atoms with Crippen LogP contribution in [-0.4, -0.2) is 37.2 Å². The van der Waals surface area contributed by atoms with E-state index in [2.05, 4.69) is 10.3 Å². The molecule has 0 fully saturated rings. The van der Waals surface area contributed by atoms with E-state index < -0.39 is 15.9 Å². The van der Waals surface area contributed by atoms with Crippen molar-refractivity contribution in [2.75, 3.05) is 18.9 Å². The summed E-state index contributed by atoms with van der Waals surface area (Å²) in [6.45, 7) is 7.12. The number of anilines is 1. The van der Waals surface area contributed by atoms with Gasteiger partial charge >= 0.3 is 0 Å². The molecule has 0 aliphatic carbocycles. The van der Waals surface area contributed by atoms with Gasteiger partial charge in [-0.25, -0.2) is 13.4 Å². The summed E-state index contributed by atoms with van der Waals surface area (Å²) in [7, 11) is -2.37. The van der Waals surface area contributed by atoms with Crippen molar-refractivity contribution >= 4 is 33.0 Å². The lowest BCUT2D eigenvalue weighted by Gasteiger charge is -2.20. The van der Waals surface area contributed by atoms with Crippen molar-refractivity contribution in [2.24, 2.45) is 0 Å². The van der Waals surface area contributed by atoms with Crippen LogP contribution in [0.2, 0.25) is 0 Å². The number of likely N-dealkylation sites (N-methyl/N-ethyl adjacent to an activating group) is 1. The van der Waals surface area contributed by atoms with Crippen molar-refractivity contribution in [3.05, 3.63) is 63.5 Å². The SMILES string of the molecule is Cc1cc(C)c(S(=O)(=O)N(C)CC(=O)Nc2cccc(-c3csc(C)n3)c2)c(C)c1. The number of carbonyl (C=O) groups excluding carboxylic acids is 1. The average Bonchev–Trinajstić information content (AvgIpc) is 3.07. The van der Waals surface area contributed by atoms with Crippen molar-refractivity contribution in [3.63, 3.8) is 0 Å². The maximum atomic E-state index is 13.1. The zero-order valence-corrected chi connectivity index (χ0v) is 19.3. The second-order valence-corrected chi connectivity index (χ2v) is 10.4. The lowest BCUT2D eigenvalue weighted by Crippen LogP contribution is -2.35. The molecule has 0 saturated carbocycles. The highest BCUT2D eigenvalue weighted by atomic mass is 32.2. The van der Waals surface area contributed by atoms with E-state index in [1.807, 2.05) is 49.6 Å². The number of nitrogens with zero attached hydrogens (tertiary/aromatic N) is 2. The van der Waals surface area contributed by atoms with E-state index in [9.17, 15) is 13.2 Å². The Morgan fingerprint density at radius 1 is 1.10 bits per heavy atom. The van der Waals surface area contributed by atoms with E-state index in [1.54, 1.807) is 31.3 Å². The van der Waals surface area contributed by atoms with Crippen LogP contribution in [0.25, 0.3) is 11.3 Å². The van der Waals surface area contributed by atoms with Crippen LogP contribution < -0.4 is 5.32 Å². The minimum atomic E-state index is -3.79. The van der Waals surface area contributed by atoms with Gasteiger partial charge in [0.2, 0.25) is 15.9 Å². The summed E-state index contributed by atoms with van der Waals surface area (Å²) < 4.78 is 27.2. The zero-order valence-electron chi connectivity index (χ0n) is 17.7. The van der Waals surface area contributed by atoms with Crippen LogP contribution >= 0.6 is 11.3 Å². The fraction of sp³-hybridized carbons (Fsp3) is 0.273. The number of benzene rings is 2. The van der Waals surface area contributed by atoms with Crippen LogP contribution in [0, 0.1) is 27.7 Å². The molecule has 1 aromatic heterocycles. The zero-order chi connectivity index (χ0) is 22.1. The Bertz CT molecular complexity index is 1180. The summed E-state index contributed by atoms with van der Waals surface area (Å²) in [4.78, 5) is 17.3. The van der Waals surface area contributed by atoms with E-state index in [1.165, 1.54) is 7.05 Å². The summed E-state index contributed by atoms with van der Waals surface area (Å²) in [6, 6.07) is 11.0. The molecule has 1 N–H and O–H groups in total. The largest absolute Gasteiger partial charge is 0.325 e. The van der Waals surface area contributed by atoms with E-state index >= 15 is 0 Å². The topological polar surface area (TPSA) is 79.4 Å². The molecule has 0 unspecified atom stereocenters. The van der Waals surface area contributed by atoms with Gasteiger partial charge in [0.15, 0.2) is 0 Å². The van der Waals surface area contributed by atoms with Gasteiger partial charge in [-0.1, -0.05) is 29.8 Å². The lowest BCUT2D eigenvalue weighted by molar-refractivity contribution is -0.116. The Kier molecular flexibility index (Phi) is 6.40. The van der Waals surface area contributed by atoms with Crippen molar-refractivity contribution in [1.29, 1.82) is 0 Å². The van der Waals surface area contributed by atoms with Crippen LogP contribution in [0.1, 0.15) is 21.7 Å². The standard InChI is InChI=1S/C22H25N3O3S2/c1-14-9-15(2)22(16(3)10-14)30(27,28)25(5)12-21(26)24-19-8-6-7-18(11-19)20-13-29-17(4)23-20/h6-11,13H,12H2,1-5H3,(H,24,26). The van der Waals surface area contributed by atoms with Gasteiger partial charge in [-0.3, -0.25) is 4.79 Å². The number of aryl methyl sites for hydroxylation is 4. The Morgan fingerprint density at radius 2 is 1.77 bits per heavy atom. The van der Waals surface area contributed by atoms with E-state index in [4.69, 9.17) is 0 Å². The van der Waals surface area contributed by atoms with Crippen LogP contribution in [0.3, 0.4) is 0 Å². The summed E-state index contributed by atoms with van der Waals surface area (Å²) in [6.07, 6.45) is 0. The first-order chi connectivity index (χ1) is 14.1. The van der Waals surface area contributed by atoms with Crippen molar-refractivity contribution in [1.82, 2.24) is 9.29 Å². The third-order valence-electron chi connectivity index (χ3n) is 4.70. The first kappa shape index (κ1) is 22.1. The third-order valence-corrected chi connectivity index (χ3v) is 7.58. The van der Waals surface area contributed by atoms with Gasteiger partial charge in [0.25, 0.3) is 0 Å². The van der Waals surface area contributed by atoms with Crippen LogP contribution in [0.4, 0.5) is 5.69 Å². The van der Waals surface area contributed by atoms with Crippen LogP contribution in [0.5, 0.6) is 0 Å². The molecule has 3 aromatic rings. The number of sulfonamides is 1. The van der Waals surface area contributed by atoms with E-state index in [0.29, 0.717) is 16.8 Å². The molecule has 3 rings (SSSR count). The Hall–Kier alpha value is -2.55. The predicted molar refractivity (Wildman–Crippen MR) is 121 cm³/mol. The number of aromatic nitrogens is 1. The molecule has 0 aliphatic rings. The molecule has 0 atom stereocenters. The average molecular weight is 444 g/mol. The first-order valence-corrected chi connectivity index (χ1v) is 11.8. The number of hydrogen-bond acceptors (Lipinski definition) is 5. The van der Waals surface area contributed by atoms with Gasteiger partial charge in [0, 0.05) is 23.7 Å². The number of carbonyl (C=O) groups is 1. The Morgan fingerprint density at radius 3 is 2.37 bits per heavy atom. The molecule has 0 bridgehead atoms. The minimum Gasteiger partial charge on any atom is -0.325 e. The molecule has 0 spiro atoms. The van der Waals surface area contributed by atoms with Crippen LogP contribution in [-0.2, 0) is 14.8 Å². The van der Waals surface area contributed by atoms with Crippen molar-refractivity contribution in [3.8, 4) is 11.3 Å². The number of hydrogen-bond donors (Lipinski definition) is 1. The minimum absolute atomic E-state index is 0.254. The molecular formula is C22H25N3O3S2. The quantitative estimate of drug-likeness (QED) is 0.616. The number of rotatable bonds is 6. The van der Waals surface area contributed by atoms with Gasteiger partial charge in [0.05, 0.1) is 22.1 Å². The summed E-state index contributed by atoms with van der Waals surface area (Å²) in [5.41, 5.74) is 4.68. The van der Waals surface area contributed by atoms with Gasteiger partial charge in [-0.15, -0.1) is 11.3 Å². The number of thiazole rings is 1. The molecule has 2 aromatic carbocycles. The monoisotopic (exact) mass is 443 g/mol. The van der Waals surface area contributed by atoms with Gasteiger partial charge in [-0.2, -0.15) is 4.31 Å². The molecular weight excluding hydrogens is 418 g/mol. The smallest absolute Gasteiger partial charge is 0.243 e. The molecule has 0 saturated heterocycles. The van der Waals surface area contributed by atoms with Gasteiger partial charge < -0.3 is 5.32 Å². The highest BCUT2D eigenvalue weighted by Crippen LogP contribution is 2.26. The normalized spacial score (nSPS) is 11.7. The van der Waals surface area contributed by atoms with Crippen molar-refractivity contribution < 1.29 is 13.2 Å². The number of nitrogens with one attached hydrogen (secondary N) is 1. The number of amides is 1. The Labute approximate surface area is 181 Å². The summed E-state index contributed by atoms with van der Waals surface area (Å²) in [5.74, 6) is -0.407. The third kappa shape index (κ3) is 4.77. The maximum absolute atomic E-state index is 13.1. The fourth-order valence-electron chi connectivity index (χ4n) is 3.47. The molecule has 0 radical (unpaired) electrons. The second-order valence-electron chi connectivity index (χ2n) is 7.37. The molecule has 0 aliphatic heterocycles. The highest BCUT2D eigenvalue weighted by Gasteiger charge is 2.26. The molecule has 6 nitrogen and oxygen atoms in total. The second kappa shape index (κ2) is 8.67. The van der Waals surface area contributed by atoms with Gasteiger partial charge in [-0.05, 0) is 51.0 Å². The Balaban J connectivity index is 1.75.